The van der Waals surface area contributed by atoms with Gasteiger partial charge in [-0.1, -0.05) is 11.6 Å². The van der Waals surface area contributed by atoms with E-state index in [9.17, 15) is 4.79 Å². The first-order valence-corrected chi connectivity index (χ1v) is 7.82. The third kappa shape index (κ3) is 4.07. The van der Waals surface area contributed by atoms with E-state index in [-0.39, 0.29) is 5.91 Å². The Labute approximate surface area is 132 Å². The maximum absolute atomic E-state index is 12.4. The van der Waals surface area contributed by atoms with Gasteiger partial charge in [-0.3, -0.25) is 4.79 Å². The highest BCUT2D eigenvalue weighted by Crippen LogP contribution is 2.21. The molecule has 1 amide bonds. The van der Waals surface area contributed by atoms with E-state index in [4.69, 9.17) is 16.3 Å². The number of benzene rings is 1. The van der Waals surface area contributed by atoms with Crippen molar-refractivity contribution < 1.29 is 9.53 Å². The predicted octanol–water partition coefficient (Wildman–Crippen LogP) is 3.44. The Kier molecular flexibility index (Phi) is 5.47. The van der Waals surface area contributed by atoms with Crippen LogP contribution in [0.2, 0.25) is 5.02 Å². The van der Waals surface area contributed by atoms with Crippen molar-refractivity contribution in [3.63, 3.8) is 0 Å². The van der Waals surface area contributed by atoms with Gasteiger partial charge in [0.05, 0.1) is 5.56 Å². The molecule has 1 aromatic rings. The largest absolute Gasteiger partial charge is 0.381 e. The second kappa shape index (κ2) is 6.90. The van der Waals surface area contributed by atoms with Gasteiger partial charge in [0.25, 0.3) is 5.91 Å². The van der Waals surface area contributed by atoms with Crippen molar-refractivity contribution in [2.24, 2.45) is 5.92 Å². The van der Waals surface area contributed by atoms with Crippen LogP contribution in [0.3, 0.4) is 0 Å². The molecule has 19 heavy (non-hydrogen) atoms. The number of rotatable bonds is 3. The summed E-state index contributed by atoms with van der Waals surface area (Å²) < 4.78 is 6.28. The first-order valence-electron chi connectivity index (χ1n) is 6.36. The van der Waals surface area contributed by atoms with Crippen LogP contribution in [-0.4, -0.2) is 37.6 Å². The minimum Gasteiger partial charge on any atom is -0.381 e. The van der Waals surface area contributed by atoms with Gasteiger partial charge in [-0.15, -0.1) is 0 Å². The third-order valence-electron chi connectivity index (χ3n) is 3.38. The van der Waals surface area contributed by atoms with Crippen LogP contribution >= 0.6 is 34.2 Å². The molecule has 0 atom stereocenters. The number of carbonyl (C=O) groups is 1. The fourth-order valence-corrected chi connectivity index (χ4v) is 3.00. The molecule has 1 aliphatic rings. The molecule has 0 saturated carbocycles. The van der Waals surface area contributed by atoms with Gasteiger partial charge in [0.2, 0.25) is 0 Å². The van der Waals surface area contributed by atoms with Crippen molar-refractivity contribution in [2.75, 3.05) is 26.8 Å². The Morgan fingerprint density at radius 2 is 2.16 bits per heavy atom. The molecule has 0 aliphatic carbocycles. The Balaban J connectivity index is 2.03. The highest BCUT2D eigenvalue weighted by Gasteiger charge is 2.20. The molecular weight excluding hydrogens is 377 g/mol. The zero-order chi connectivity index (χ0) is 13.8. The van der Waals surface area contributed by atoms with Gasteiger partial charge in [-0.2, -0.15) is 0 Å². The fraction of sp³-hybridized carbons (Fsp3) is 0.500. The van der Waals surface area contributed by atoms with E-state index in [1.165, 1.54) is 0 Å². The van der Waals surface area contributed by atoms with E-state index in [1.807, 2.05) is 13.1 Å². The lowest BCUT2D eigenvalue weighted by Gasteiger charge is -2.27. The summed E-state index contributed by atoms with van der Waals surface area (Å²) in [6, 6.07) is 5.42. The Morgan fingerprint density at radius 1 is 1.47 bits per heavy atom. The number of amides is 1. The molecule has 1 fully saturated rings. The smallest absolute Gasteiger partial charge is 0.254 e. The minimum absolute atomic E-state index is 0.0402. The van der Waals surface area contributed by atoms with Crippen molar-refractivity contribution >= 4 is 40.1 Å². The zero-order valence-electron chi connectivity index (χ0n) is 10.9. The van der Waals surface area contributed by atoms with Crippen LogP contribution in [-0.2, 0) is 4.74 Å². The molecule has 104 valence electrons. The molecule has 0 aromatic heterocycles. The summed E-state index contributed by atoms with van der Waals surface area (Å²) in [7, 11) is 1.86. The molecule has 3 nitrogen and oxygen atoms in total. The van der Waals surface area contributed by atoms with E-state index in [0.29, 0.717) is 16.5 Å². The summed E-state index contributed by atoms with van der Waals surface area (Å²) in [5.41, 5.74) is 0.683. The Hall–Kier alpha value is -0.330. The number of hydrogen-bond donors (Lipinski definition) is 0. The van der Waals surface area contributed by atoms with Crippen LogP contribution in [0.4, 0.5) is 0 Å². The monoisotopic (exact) mass is 393 g/mol. The molecule has 5 heteroatoms. The van der Waals surface area contributed by atoms with E-state index in [0.717, 1.165) is 36.2 Å². The highest BCUT2D eigenvalue weighted by molar-refractivity contribution is 14.1. The van der Waals surface area contributed by atoms with E-state index >= 15 is 0 Å². The minimum atomic E-state index is 0.0402. The average Bonchev–Trinajstić information content (AvgIpc) is 2.42. The molecule has 1 heterocycles. The second-order valence-corrected chi connectivity index (χ2v) is 6.46. The fourth-order valence-electron chi connectivity index (χ4n) is 2.27. The lowest BCUT2D eigenvalue weighted by Crippen LogP contribution is -2.34. The summed E-state index contributed by atoms with van der Waals surface area (Å²) in [6.07, 6.45) is 2.06. The molecule has 1 saturated heterocycles. The quantitative estimate of drug-likeness (QED) is 0.736. The van der Waals surface area contributed by atoms with Crippen LogP contribution in [0.15, 0.2) is 18.2 Å². The van der Waals surface area contributed by atoms with Crippen LogP contribution < -0.4 is 0 Å². The van der Waals surface area contributed by atoms with Crippen molar-refractivity contribution in [3.8, 4) is 0 Å². The van der Waals surface area contributed by atoms with Gasteiger partial charge in [0.1, 0.15) is 0 Å². The third-order valence-corrected chi connectivity index (χ3v) is 4.55. The summed E-state index contributed by atoms with van der Waals surface area (Å²) in [6.45, 7) is 2.40. The predicted molar refractivity (Wildman–Crippen MR) is 84.7 cm³/mol. The standard InChI is InChI=1S/C14H17ClINO2/c1-17(9-10-4-6-19-7-5-10)14(18)12-8-11(15)2-3-13(12)16/h2-3,8,10H,4-7,9H2,1H3. The zero-order valence-corrected chi connectivity index (χ0v) is 13.8. The molecule has 0 spiro atoms. The molecule has 0 unspecified atom stereocenters. The number of hydrogen-bond acceptors (Lipinski definition) is 2. The molecule has 0 bridgehead atoms. The molecule has 0 radical (unpaired) electrons. The number of halogens is 2. The number of nitrogens with zero attached hydrogens (tertiary/aromatic N) is 1. The lowest BCUT2D eigenvalue weighted by atomic mass is 9.99. The molecular formula is C14H17ClINO2. The topological polar surface area (TPSA) is 29.5 Å². The molecule has 2 rings (SSSR count). The maximum atomic E-state index is 12.4. The first-order chi connectivity index (χ1) is 9.08. The summed E-state index contributed by atoms with van der Waals surface area (Å²) in [5.74, 6) is 0.581. The molecule has 0 N–H and O–H groups in total. The molecule has 1 aliphatic heterocycles. The highest BCUT2D eigenvalue weighted by atomic mass is 127. The summed E-state index contributed by atoms with van der Waals surface area (Å²) in [5, 5.41) is 0.600. The van der Waals surface area contributed by atoms with E-state index in [1.54, 1.807) is 17.0 Å². The van der Waals surface area contributed by atoms with Crippen LogP contribution in [0.1, 0.15) is 23.2 Å². The van der Waals surface area contributed by atoms with Crippen molar-refractivity contribution in [1.82, 2.24) is 4.90 Å². The van der Waals surface area contributed by atoms with Crippen LogP contribution in [0.25, 0.3) is 0 Å². The van der Waals surface area contributed by atoms with Gasteiger partial charge in [0.15, 0.2) is 0 Å². The Morgan fingerprint density at radius 3 is 2.84 bits per heavy atom. The van der Waals surface area contributed by atoms with Crippen molar-refractivity contribution in [3.05, 3.63) is 32.4 Å². The summed E-state index contributed by atoms with van der Waals surface area (Å²) in [4.78, 5) is 14.2. The number of carbonyl (C=O) groups excluding carboxylic acids is 1. The van der Waals surface area contributed by atoms with E-state index in [2.05, 4.69) is 22.6 Å². The first kappa shape index (κ1) is 15.1. The van der Waals surface area contributed by atoms with Gasteiger partial charge < -0.3 is 9.64 Å². The van der Waals surface area contributed by atoms with Gasteiger partial charge in [-0.25, -0.2) is 0 Å². The maximum Gasteiger partial charge on any atom is 0.254 e. The van der Waals surface area contributed by atoms with Crippen LogP contribution in [0.5, 0.6) is 0 Å². The van der Waals surface area contributed by atoms with Gasteiger partial charge in [-0.05, 0) is 59.5 Å². The number of ether oxygens (including phenoxy) is 1. The average molecular weight is 394 g/mol. The molecule has 1 aromatic carbocycles. The van der Waals surface area contributed by atoms with Crippen LogP contribution in [0, 0.1) is 9.49 Å². The van der Waals surface area contributed by atoms with Crippen molar-refractivity contribution in [1.29, 1.82) is 0 Å². The van der Waals surface area contributed by atoms with Gasteiger partial charge >= 0.3 is 0 Å². The van der Waals surface area contributed by atoms with E-state index < -0.39 is 0 Å². The summed E-state index contributed by atoms with van der Waals surface area (Å²) >= 11 is 8.14. The normalized spacial score (nSPS) is 16.4. The Bertz CT molecular complexity index is 461. The SMILES string of the molecule is CN(CC1CCOCC1)C(=O)c1cc(Cl)ccc1I. The second-order valence-electron chi connectivity index (χ2n) is 4.87. The van der Waals surface area contributed by atoms with Gasteiger partial charge in [0, 0.05) is 35.4 Å². The lowest BCUT2D eigenvalue weighted by molar-refractivity contribution is 0.0497. The van der Waals surface area contributed by atoms with Crippen molar-refractivity contribution in [2.45, 2.75) is 12.8 Å².